The standard InChI is InChI=1S/C11H16N4O2/c16-15(17)10-1-2-11(14-8-10)13-7-9-3-5-12-6-4-9/h1-2,8-9,12H,3-7H2,(H,13,14). The van der Waals surface area contributed by atoms with Crippen molar-refractivity contribution in [2.45, 2.75) is 12.8 Å². The Bertz CT molecular complexity index is 374. The Morgan fingerprint density at radius 1 is 1.47 bits per heavy atom. The lowest BCUT2D eigenvalue weighted by molar-refractivity contribution is -0.385. The summed E-state index contributed by atoms with van der Waals surface area (Å²) in [6.07, 6.45) is 3.62. The van der Waals surface area contributed by atoms with Gasteiger partial charge in [-0.05, 0) is 37.9 Å². The maximum Gasteiger partial charge on any atom is 0.287 e. The largest absolute Gasteiger partial charge is 0.370 e. The van der Waals surface area contributed by atoms with Gasteiger partial charge in [0.2, 0.25) is 0 Å². The molecule has 0 unspecified atom stereocenters. The van der Waals surface area contributed by atoms with Crippen molar-refractivity contribution in [3.05, 3.63) is 28.4 Å². The average molecular weight is 236 g/mol. The fraction of sp³-hybridized carbons (Fsp3) is 0.545. The molecule has 0 bridgehead atoms. The third-order valence-corrected chi connectivity index (χ3v) is 2.99. The van der Waals surface area contributed by atoms with Gasteiger partial charge in [-0.25, -0.2) is 4.98 Å². The van der Waals surface area contributed by atoms with Crippen LogP contribution in [0.25, 0.3) is 0 Å². The molecule has 1 aromatic heterocycles. The maximum absolute atomic E-state index is 10.5. The fourth-order valence-corrected chi connectivity index (χ4v) is 1.93. The van der Waals surface area contributed by atoms with E-state index in [1.807, 2.05) is 0 Å². The summed E-state index contributed by atoms with van der Waals surface area (Å²) < 4.78 is 0. The Morgan fingerprint density at radius 3 is 2.82 bits per heavy atom. The molecule has 0 atom stereocenters. The minimum absolute atomic E-state index is 0.0254. The summed E-state index contributed by atoms with van der Waals surface area (Å²) >= 11 is 0. The van der Waals surface area contributed by atoms with E-state index in [9.17, 15) is 10.1 Å². The van der Waals surface area contributed by atoms with Crippen LogP contribution in [0.4, 0.5) is 11.5 Å². The van der Waals surface area contributed by atoms with E-state index in [0.29, 0.717) is 11.7 Å². The van der Waals surface area contributed by atoms with Gasteiger partial charge in [0.1, 0.15) is 12.0 Å². The lowest BCUT2D eigenvalue weighted by Gasteiger charge is -2.22. The summed E-state index contributed by atoms with van der Waals surface area (Å²) in [5.41, 5.74) is 0.0254. The first-order valence-corrected chi connectivity index (χ1v) is 5.81. The van der Waals surface area contributed by atoms with Crippen molar-refractivity contribution in [2.75, 3.05) is 25.0 Å². The highest BCUT2D eigenvalue weighted by atomic mass is 16.6. The Balaban J connectivity index is 1.84. The van der Waals surface area contributed by atoms with Crippen LogP contribution in [-0.2, 0) is 0 Å². The monoisotopic (exact) mass is 236 g/mol. The second kappa shape index (κ2) is 5.58. The van der Waals surface area contributed by atoms with Gasteiger partial charge >= 0.3 is 0 Å². The molecule has 1 aromatic rings. The molecule has 1 aliphatic heterocycles. The summed E-state index contributed by atoms with van der Waals surface area (Å²) in [5.74, 6) is 1.36. The first-order valence-electron chi connectivity index (χ1n) is 5.81. The predicted molar refractivity (Wildman–Crippen MR) is 65.0 cm³/mol. The second-order valence-electron chi connectivity index (χ2n) is 4.23. The number of aromatic nitrogens is 1. The van der Waals surface area contributed by atoms with Crippen molar-refractivity contribution in [3.8, 4) is 0 Å². The molecule has 6 heteroatoms. The Hall–Kier alpha value is -1.69. The molecule has 2 rings (SSSR count). The summed E-state index contributed by atoms with van der Waals surface area (Å²) in [6, 6.07) is 3.12. The topological polar surface area (TPSA) is 80.1 Å². The van der Waals surface area contributed by atoms with Crippen LogP contribution in [0.5, 0.6) is 0 Å². The predicted octanol–water partition coefficient (Wildman–Crippen LogP) is 1.40. The second-order valence-corrected chi connectivity index (χ2v) is 4.23. The molecule has 0 spiro atoms. The number of nitro groups is 1. The molecule has 92 valence electrons. The van der Waals surface area contributed by atoms with Gasteiger partial charge < -0.3 is 10.6 Å². The zero-order chi connectivity index (χ0) is 12.1. The van der Waals surface area contributed by atoms with Crippen LogP contribution in [0.1, 0.15) is 12.8 Å². The van der Waals surface area contributed by atoms with Crippen molar-refractivity contribution >= 4 is 11.5 Å². The number of hydrogen-bond acceptors (Lipinski definition) is 5. The SMILES string of the molecule is O=[N+]([O-])c1ccc(NCC2CCNCC2)nc1. The molecule has 0 aromatic carbocycles. The Kier molecular flexibility index (Phi) is 3.87. The minimum Gasteiger partial charge on any atom is -0.370 e. The number of hydrogen-bond donors (Lipinski definition) is 2. The molecular formula is C11H16N4O2. The van der Waals surface area contributed by atoms with Crippen LogP contribution in [0.15, 0.2) is 18.3 Å². The number of anilines is 1. The molecule has 1 fully saturated rings. The van der Waals surface area contributed by atoms with Gasteiger partial charge in [0, 0.05) is 12.6 Å². The minimum atomic E-state index is -0.441. The van der Waals surface area contributed by atoms with Crippen LogP contribution < -0.4 is 10.6 Å². The van der Waals surface area contributed by atoms with E-state index < -0.39 is 4.92 Å². The van der Waals surface area contributed by atoms with Gasteiger partial charge in [0.15, 0.2) is 0 Å². The van der Waals surface area contributed by atoms with Gasteiger partial charge in [-0.2, -0.15) is 0 Å². The molecular weight excluding hydrogens is 220 g/mol. The van der Waals surface area contributed by atoms with Crippen LogP contribution in [0, 0.1) is 16.0 Å². The molecule has 0 radical (unpaired) electrons. The van der Waals surface area contributed by atoms with E-state index in [1.165, 1.54) is 25.1 Å². The first-order chi connectivity index (χ1) is 8.25. The smallest absolute Gasteiger partial charge is 0.287 e. The molecule has 1 saturated heterocycles. The van der Waals surface area contributed by atoms with Gasteiger partial charge in [0.05, 0.1) is 4.92 Å². The third-order valence-electron chi connectivity index (χ3n) is 2.99. The normalized spacial score (nSPS) is 16.7. The molecule has 2 N–H and O–H groups in total. The van der Waals surface area contributed by atoms with E-state index in [-0.39, 0.29) is 5.69 Å². The van der Waals surface area contributed by atoms with E-state index in [4.69, 9.17) is 0 Å². The molecule has 17 heavy (non-hydrogen) atoms. The van der Waals surface area contributed by atoms with Gasteiger partial charge in [-0.3, -0.25) is 10.1 Å². The third kappa shape index (κ3) is 3.39. The van der Waals surface area contributed by atoms with Crippen molar-refractivity contribution in [3.63, 3.8) is 0 Å². The molecule has 1 aliphatic rings. The lowest BCUT2D eigenvalue weighted by Crippen LogP contribution is -2.31. The van der Waals surface area contributed by atoms with Crippen LogP contribution in [-0.4, -0.2) is 29.5 Å². The van der Waals surface area contributed by atoms with Crippen molar-refractivity contribution in [1.29, 1.82) is 0 Å². The Labute approximate surface area is 99.6 Å². The summed E-state index contributed by atoms with van der Waals surface area (Å²) in [4.78, 5) is 14.0. The van der Waals surface area contributed by atoms with Gasteiger partial charge in [0.25, 0.3) is 5.69 Å². The molecule has 0 amide bonds. The molecule has 6 nitrogen and oxygen atoms in total. The quantitative estimate of drug-likeness (QED) is 0.610. The highest BCUT2D eigenvalue weighted by Crippen LogP contribution is 2.15. The summed E-state index contributed by atoms with van der Waals surface area (Å²) in [5, 5.41) is 17.0. The maximum atomic E-state index is 10.5. The van der Waals surface area contributed by atoms with Gasteiger partial charge in [-0.15, -0.1) is 0 Å². The van der Waals surface area contributed by atoms with Crippen LogP contribution in [0.3, 0.4) is 0 Å². The molecule has 0 aliphatic carbocycles. The summed E-state index contributed by atoms with van der Waals surface area (Å²) in [6.45, 7) is 3.02. The fourth-order valence-electron chi connectivity index (χ4n) is 1.93. The van der Waals surface area contributed by atoms with E-state index in [0.717, 1.165) is 19.6 Å². The van der Waals surface area contributed by atoms with Gasteiger partial charge in [-0.1, -0.05) is 0 Å². The zero-order valence-corrected chi connectivity index (χ0v) is 9.56. The van der Waals surface area contributed by atoms with Crippen LogP contribution >= 0.6 is 0 Å². The van der Waals surface area contributed by atoms with Crippen molar-refractivity contribution in [1.82, 2.24) is 10.3 Å². The number of rotatable bonds is 4. The highest BCUT2D eigenvalue weighted by Gasteiger charge is 2.12. The molecule has 0 saturated carbocycles. The lowest BCUT2D eigenvalue weighted by atomic mass is 9.98. The number of nitrogens with one attached hydrogen (secondary N) is 2. The zero-order valence-electron chi connectivity index (χ0n) is 9.56. The number of nitrogens with zero attached hydrogens (tertiary/aromatic N) is 2. The first kappa shape index (κ1) is 11.8. The number of pyridine rings is 1. The van der Waals surface area contributed by atoms with E-state index in [1.54, 1.807) is 6.07 Å². The van der Waals surface area contributed by atoms with E-state index >= 15 is 0 Å². The summed E-state index contributed by atoms with van der Waals surface area (Å²) in [7, 11) is 0. The average Bonchev–Trinajstić information content (AvgIpc) is 2.38. The van der Waals surface area contributed by atoms with Crippen molar-refractivity contribution < 1.29 is 4.92 Å². The van der Waals surface area contributed by atoms with Crippen molar-refractivity contribution in [2.24, 2.45) is 5.92 Å². The highest BCUT2D eigenvalue weighted by molar-refractivity contribution is 5.40. The molecule has 2 heterocycles. The van der Waals surface area contributed by atoms with Crippen LogP contribution in [0.2, 0.25) is 0 Å². The Morgan fingerprint density at radius 2 is 2.24 bits per heavy atom. The van der Waals surface area contributed by atoms with E-state index in [2.05, 4.69) is 15.6 Å². The number of piperidine rings is 1.